The van der Waals surface area contributed by atoms with Crippen molar-refractivity contribution in [3.8, 4) is 0 Å². The summed E-state index contributed by atoms with van der Waals surface area (Å²) in [5.74, 6) is 0.778. The third-order valence-corrected chi connectivity index (χ3v) is 6.86. The molecule has 0 N–H and O–H groups in total. The first-order valence-corrected chi connectivity index (χ1v) is 10.2. The lowest BCUT2D eigenvalue weighted by molar-refractivity contribution is 0.915. The van der Waals surface area contributed by atoms with Gasteiger partial charge in [0.25, 0.3) is 0 Å². The molecule has 5 rings (SSSR count). The molecule has 0 atom stereocenters. The van der Waals surface area contributed by atoms with Gasteiger partial charge in [0.15, 0.2) is 0 Å². The van der Waals surface area contributed by atoms with Crippen molar-refractivity contribution in [2.75, 3.05) is 0 Å². The molecule has 0 fully saturated rings. The third kappa shape index (κ3) is 2.60. The molecule has 4 aromatic rings. The van der Waals surface area contributed by atoms with Crippen LogP contribution < -0.4 is 0 Å². The second-order valence-electron chi connectivity index (χ2n) is 6.25. The van der Waals surface area contributed by atoms with Crippen molar-refractivity contribution in [3.05, 3.63) is 52.4 Å². The molecule has 4 nitrogen and oxygen atoms in total. The highest BCUT2D eigenvalue weighted by atomic mass is 32.2. The molecule has 1 aromatic carbocycles. The van der Waals surface area contributed by atoms with Crippen LogP contribution in [-0.4, -0.2) is 19.9 Å². The molecule has 1 aliphatic carbocycles. The first-order chi connectivity index (χ1) is 12.3. The number of para-hydroxylation sites is 2. The van der Waals surface area contributed by atoms with E-state index in [4.69, 9.17) is 9.97 Å². The number of rotatable bonds is 3. The van der Waals surface area contributed by atoms with Crippen molar-refractivity contribution in [1.82, 2.24) is 19.9 Å². The van der Waals surface area contributed by atoms with Crippen molar-refractivity contribution >= 4 is 44.3 Å². The molecule has 0 bridgehead atoms. The van der Waals surface area contributed by atoms with Gasteiger partial charge in [0, 0.05) is 16.0 Å². The van der Waals surface area contributed by atoms with Crippen LogP contribution in [0.4, 0.5) is 0 Å². The smallest absolute Gasteiger partial charge is 0.128 e. The van der Waals surface area contributed by atoms with E-state index < -0.39 is 0 Å². The summed E-state index contributed by atoms with van der Waals surface area (Å²) >= 11 is 3.58. The van der Waals surface area contributed by atoms with Gasteiger partial charge in [-0.15, -0.1) is 11.3 Å². The lowest BCUT2D eigenvalue weighted by atomic mass is 10.2. The molecule has 0 saturated heterocycles. The van der Waals surface area contributed by atoms with E-state index in [9.17, 15) is 0 Å². The lowest BCUT2D eigenvalue weighted by Gasteiger charge is -2.07. The van der Waals surface area contributed by atoms with Crippen LogP contribution in [0.5, 0.6) is 0 Å². The normalized spacial score (nSPS) is 13.6. The highest BCUT2D eigenvalue weighted by molar-refractivity contribution is 7.98. The van der Waals surface area contributed by atoms with Crippen molar-refractivity contribution in [2.24, 2.45) is 0 Å². The second kappa shape index (κ2) is 6.04. The van der Waals surface area contributed by atoms with Crippen molar-refractivity contribution in [3.63, 3.8) is 0 Å². The van der Waals surface area contributed by atoms with Crippen LogP contribution in [0.3, 0.4) is 0 Å². The standard InChI is InChI=1S/C19H16N4S2/c1-11-15(23-14-7-3-2-6-13(14)22-11)9-24-18-17-12-5-4-8-16(12)25-19(17)21-10-20-18/h2-3,6-7,10H,4-5,8-9H2,1H3. The highest BCUT2D eigenvalue weighted by Gasteiger charge is 2.21. The fraction of sp³-hybridized carbons (Fsp3) is 0.263. The van der Waals surface area contributed by atoms with Crippen LogP contribution in [-0.2, 0) is 18.6 Å². The third-order valence-electron chi connectivity index (χ3n) is 4.66. The summed E-state index contributed by atoms with van der Waals surface area (Å²) in [6.45, 7) is 2.03. The topological polar surface area (TPSA) is 51.6 Å². The SMILES string of the molecule is Cc1nc2ccccc2nc1CSc1ncnc2sc3c(c12)CCC3. The lowest BCUT2D eigenvalue weighted by Crippen LogP contribution is -1.97. The summed E-state index contributed by atoms with van der Waals surface area (Å²) in [6.07, 6.45) is 5.29. The second-order valence-corrected chi connectivity index (χ2v) is 8.30. The van der Waals surface area contributed by atoms with Crippen LogP contribution in [0.2, 0.25) is 0 Å². The van der Waals surface area contributed by atoms with E-state index in [0.29, 0.717) is 0 Å². The average Bonchev–Trinajstić information content (AvgIpc) is 3.20. The zero-order valence-corrected chi connectivity index (χ0v) is 15.5. The Hall–Kier alpha value is -2.05. The number of thioether (sulfide) groups is 1. The first kappa shape index (κ1) is 15.2. The van der Waals surface area contributed by atoms with Crippen molar-refractivity contribution in [1.29, 1.82) is 0 Å². The van der Waals surface area contributed by atoms with E-state index in [1.807, 2.05) is 42.5 Å². The summed E-state index contributed by atoms with van der Waals surface area (Å²) in [5.41, 5.74) is 5.40. The Balaban J connectivity index is 1.51. The molecule has 3 aromatic heterocycles. The van der Waals surface area contributed by atoms with E-state index >= 15 is 0 Å². The number of benzene rings is 1. The molecular formula is C19H16N4S2. The van der Waals surface area contributed by atoms with Gasteiger partial charge in [-0.25, -0.2) is 19.9 Å². The monoisotopic (exact) mass is 364 g/mol. The van der Waals surface area contributed by atoms with Gasteiger partial charge in [0.2, 0.25) is 0 Å². The maximum atomic E-state index is 4.81. The van der Waals surface area contributed by atoms with E-state index in [-0.39, 0.29) is 0 Å². The summed E-state index contributed by atoms with van der Waals surface area (Å²) in [6, 6.07) is 8.03. The van der Waals surface area contributed by atoms with Crippen LogP contribution in [0.1, 0.15) is 28.2 Å². The molecule has 25 heavy (non-hydrogen) atoms. The van der Waals surface area contributed by atoms with Crippen LogP contribution in [0, 0.1) is 6.92 Å². The summed E-state index contributed by atoms with van der Waals surface area (Å²) in [7, 11) is 0. The molecule has 124 valence electrons. The average molecular weight is 364 g/mol. The van der Waals surface area contributed by atoms with Gasteiger partial charge in [-0.3, -0.25) is 0 Å². The number of fused-ring (bicyclic) bond motifs is 4. The molecule has 6 heteroatoms. The van der Waals surface area contributed by atoms with Gasteiger partial charge in [-0.1, -0.05) is 23.9 Å². The Kier molecular flexibility index (Phi) is 3.68. The van der Waals surface area contributed by atoms with Gasteiger partial charge in [0.1, 0.15) is 16.2 Å². The predicted molar refractivity (Wildman–Crippen MR) is 103 cm³/mol. The minimum Gasteiger partial charge on any atom is -0.250 e. The van der Waals surface area contributed by atoms with E-state index in [2.05, 4.69) is 9.97 Å². The Morgan fingerprint density at radius 3 is 2.80 bits per heavy atom. The Morgan fingerprint density at radius 1 is 1.08 bits per heavy atom. The zero-order chi connectivity index (χ0) is 16.8. The summed E-state index contributed by atoms with van der Waals surface area (Å²) < 4.78 is 0. The zero-order valence-electron chi connectivity index (χ0n) is 13.8. The maximum absolute atomic E-state index is 4.81. The van der Waals surface area contributed by atoms with Crippen LogP contribution in [0.15, 0.2) is 35.6 Å². The molecule has 0 radical (unpaired) electrons. The van der Waals surface area contributed by atoms with E-state index in [1.165, 1.54) is 28.7 Å². The number of aryl methyl sites for hydroxylation is 3. The number of hydrogen-bond donors (Lipinski definition) is 0. The van der Waals surface area contributed by atoms with Crippen molar-refractivity contribution in [2.45, 2.75) is 37.0 Å². The molecular weight excluding hydrogens is 348 g/mol. The van der Waals surface area contributed by atoms with Gasteiger partial charge in [0.05, 0.1) is 22.4 Å². The fourth-order valence-electron chi connectivity index (χ4n) is 3.41. The van der Waals surface area contributed by atoms with Gasteiger partial charge in [-0.2, -0.15) is 0 Å². The minimum absolute atomic E-state index is 0.778. The Morgan fingerprint density at radius 2 is 1.92 bits per heavy atom. The van der Waals surface area contributed by atoms with Gasteiger partial charge < -0.3 is 0 Å². The molecule has 0 amide bonds. The summed E-state index contributed by atoms with van der Waals surface area (Å²) in [5, 5.41) is 2.36. The van der Waals surface area contributed by atoms with Gasteiger partial charge in [-0.05, 0) is 43.9 Å². The minimum atomic E-state index is 0.778. The molecule has 0 aliphatic heterocycles. The number of thiophene rings is 1. The molecule has 0 spiro atoms. The first-order valence-electron chi connectivity index (χ1n) is 8.40. The molecule has 1 aliphatic rings. The highest BCUT2D eigenvalue weighted by Crippen LogP contribution is 2.40. The molecule has 0 saturated carbocycles. The van der Waals surface area contributed by atoms with Crippen LogP contribution in [0.25, 0.3) is 21.3 Å². The molecule has 3 heterocycles. The number of aromatic nitrogens is 4. The van der Waals surface area contributed by atoms with E-state index in [0.717, 1.165) is 44.5 Å². The fourth-order valence-corrected chi connectivity index (χ4v) is 5.73. The number of nitrogens with zero attached hydrogens (tertiary/aromatic N) is 4. The predicted octanol–water partition coefficient (Wildman–Crippen LogP) is 4.72. The Labute approximate surface area is 153 Å². The quantitative estimate of drug-likeness (QED) is 0.389. The Bertz CT molecular complexity index is 1100. The van der Waals surface area contributed by atoms with E-state index in [1.54, 1.807) is 18.1 Å². The van der Waals surface area contributed by atoms with Crippen molar-refractivity contribution < 1.29 is 0 Å². The van der Waals surface area contributed by atoms with Crippen LogP contribution >= 0.6 is 23.1 Å². The largest absolute Gasteiger partial charge is 0.250 e. The number of hydrogen-bond acceptors (Lipinski definition) is 6. The summed E-state index contributed by atoms with van der Waals surface area (Å²) in [4.78, 5) is 21.2. The molecule has 0 unspecified atom stereocenters. The van der Waals surface area contributed by atoms with Gasteiger partial charge >= 0.3 is 0 Å². The maximum Gasteiger partial charge on any atom is 0.128 e.